The zero-order valence-electron chi connectivity index (χ0n) is 20.2. The number of carboxylic acids is 1. The third-order valence-electron chi connectivity index (χ3n) is 6.67. The molecule has 2 amide bonds. The maximum atomic E-state index is 12.6. The second-order valence-corrected chi connectivity index (χ2v) is 10.2. The van der Waals surface area contributed by atoms with Crippen LogP contribution in [0.15, 0.2) is 48.5 Å². The third-order valence-corrected chi connectivity index (χ3v) is 6.67. The first-order chi connectivity index (χ1) is 16.6. The van der Waals surface area contributed by atoms with Crippen molar-refractivity contribution in [3.63, 3.8) is 0 Å². The number of carbonyl (C=O) groups excluding carboxylic acids is 2. The van der Waals surface area contributed by atoms with Crippen molar-refractivity contribution in [3.8, 4) is 11.1 Å². The standard InChI is InChI=1S/C27H32N2O6/c1-27(2,3)23(25(31)32)29-24(30)16-12-17(34-14-16)13-28-26(33)35-15-22-20-10-6-4-8-18(20)19-9-5-7-11-21(19)22/h4-11,16-17,22-23H,12-15H2,1-3H3,(H,28,33)(H,29,30)(H,31,32)/t16?,17?,23-/m0/s1. The van der Waals surface area contributed by atoms with Gasteiger partial charge >= 0.3 is 12.1 Å². The lowest BCUT2D eigenvalue weighted by atomic mass is 9.86. The smallest absolute Gasteiger partial charge is 0.407 e. The van der Waals surface area contributed by atoms with E-state index < -0.39 is 29.4 Å². The first-order valence-corrected chi connectivity index (χ1v) is 11.9. The summed E-state index contributed by atoms with van der Waals surface area (Å²) in [5.74, 6) is -1.91. The highest BCUT2D eigenvalue weighted by Crippen LogP contribution is 2.44. The van der Waals surface area contributed by atoms with Crippen molar-refractivity contribution in [2.75, 3.05) is 19.8 Å². The number of fused-ring (bicyclic) bond motifs is 3. The average Bonchev–Trinajstić information content (AvgIpc) is 3.42. The summed E-state index contributed by atoms with van der Waals surface area (Å²) in [5, 5.41) is 14.8. The van der Waals surface area contributed by atoms with Crippen LogP contribution in [0.5, 0.6) is 0 Å². The maximum Gasteiger partial charge on any atom is 0.407 e. The molecule has 4 rings (SSSR count). The Morgan fingerprint density at radius 3 is 2.23 bits per heavy atom. The molecule has 3 N–H and O–H groups in total. The molecule has 2 aliphatic rings. The van der Waals surface area contributed by atoms with Gasteiger partial charge in [-0.3, -0.25) is 4.79 Å². The number of rotatable bonds is 7. The number of carbonyl (C=O) groups is 3. The Labute approximate surface area is 205 Å². The van der Waals surface area contributed by atoms with E-state index in [9.17, 15) is 19.5 Å². The van der Waals surface area contributed by atoms with E-state index in [1.165, 1.54) is 0 Å². The number of amides is 2. The molecule has 1 aliphatic heterocycles. The summed E-state index contributed by atoms with van der Waals surface area (Å²) in [5.41, 5.74) is 4.00. The van der Waals surface area contributed by atoms with Crippen LogP contribution in [0.25, 0.3) is 11.1 Å². The van der Waals surface area contributed by atoms with Crippen LogP contribution < -0.4 is 10.6 Å². The molecule has 2 aromatic carbocycles. The molecule has 186 valence electrons. The van der Waals surface area contributed by atoms with Crippen LogP contribution in [-0.4, -0.2) is 55.0 Å². The van der Waals surface area contributed by atoms with E-state index in [0.29, 0.717) is 6.42 Å². The monoisotopic (exact) mass is 480 g/mol. The lowest BCUT2D eigenvalue weighted by Crippen LogP contribution is -2.50. The number of carboxylic acid groups (broad SMARTS) is 1. The van der Waals surface area contributed by atoms with E-state index in [0.717, 1.165) is 22.3 Å². The number of aliphatic carboxylic acids is 1. The van der Waals surface area contributed by atoms with E-state index >= 15 is 0 Å². The fraction of sp³-hybridized carbons (Fsp3) is 0.444. The fourth-order valence-corrected chi connectivity index (χ4v) is 4.79. The van der Waals surface area contributed by atoms with Crippen LogP contribution in [0.2, 0.25) is 0 Å². The van der Waals surface area contributed by atoms with Crippen LogP contribution in [-0.2, 0) is 19.1 Å². The number of benzene rings is 2. The molecular formula is C27H32N2O6. The first-order valence-electron chi connectivity index (χ1n) is 11.9. The van der Waals surface area contributed by atoms with Crippen molar-refractivity contribution in [2.24, 2.45) is 11.3 Å². The van der Waals surface area contributed by atoms with Gasteiger partial charge in [0.05, 0.1) is 18.6 Å². The van der Waals surface area contributed by atoms with Gasteiger partial charge in [-0.25, -0.2) is 9.59 Å². The lowest BCUT2D eigenvalue weighted by molar-refractivity contribution is -0.145. The van der Waals surface area contributed by atoms with Gasteiger partial charge in [-0.2, -0.15) is 0 Å². The summed E-state index contributed by atoms with van der Waals surface area (Å²) < 4.78 is 11.2. The van der Waals surface area contributed by atoms with Crippen molar-refractivity contribution < 1.29 is 29.0 Å². The largest absolute Gasteiger partial charge is 0.480 e. The van der Waals surface area contributed by atoms with Crippen molar-refractivity contribution in [3.05, 3.63) is 59.7 Å². The molecule has 0 saturated carbocycles. The molecule has 2 unspecified atom stereocenters. The third kappa shape index (κ3) is 5.48. The second kappa shape index (κ2) is 10.1. The Kier molecular flexibility index (Phi) is 7.12. The summed E-state index contributed by atoms with van der Waals surface area (Å²) in [4.78, 5) is 36.5. The van der Waals surface area contributed by atoms with Crippen molar-refractivity contribution in [1.82, 2.24) is 10.6 Å². The highest BCUT2D eigenvalue weighted by Gasteiger charge is 2.37. The van der Waals surface area contributed by atoms with Gasteiger partial charge in [0.2, 0.25) is 5.91 Å². The minimum Gasteiger partial charge on any atom is -0.480 e. The van der Waals surface area contributed by atoms with E-state index in [-0.39, 0.29) is 37.7 Å². The molecule has 1 fully saturated rings. The highest BCUT2D eigenvalue weighted by molar-refractivity contribution is 5.85. The van der Waals surface area contributed by atoms with Crippen molar-refractivity contribution in [2.45, 2.75) is 45.3 Å². The summed E-state index contributed by atoms with van der Waals surface area (Å²) in [6.07, 6.45) is -0.488. The normalized spacial score (nSPS) is 20.0. The fourth-order valence-electron chi connectivity index (χ4n) is 4.79. The van der Waals surface area contributed by atoms with Crippen LogP contribution in [0, 0.1) is 11.3 Å². The van der Waals surface area contributed by atoms with Gasteiger partial charge in [0.1, 0.15) is 12.6 Å². The number of alkyl carbamates (subject to hydrolysis) is 1. The van der Waals surface area contributed by atoms with Gasteiger partial charge in [-0.1, -0.05) is 69.3 Å². The molecule has 0 radical (unpaired) electrons. The van der Waals surface area contributed by atoms with E-state index in [1.807, 2.05) is 24.3 Å². The van der Waals surface area contributed by atoms with Gasteiger partial charge in [0.25, 0.3) is 0 Å². The molecule has 3 atom stereocenters. The minimum atomic E-state index is -1.07. The predicted molar refractivity (Wildman–Crippen MR) is 130 cm³/mol. The summed E-state index contributed by atoms with van der Waals surface area (Å²) in [7, 11) is 0. The number of nitrogens with one attached hydrogen (secondary N) is 2. The Hall–Kier alpha value is -3.39. The molecule has 0 aromatic heterocycles. The molecule has 8 nitrogen and oxygen atoms in total. The molecule has 1 heterocycles. The number of hydrogen-bond donors (Lipinski definition) is 3. The Morgan fingerprint density at radius 2 is 1.66 bits per heavy atom. The summed E-state index contributed by atoms with van der Waals surface area (Å²) >= 11 is 0. The highest BCUT2D eigenvalue weighted by atomic mass is 16.5. The summed E-state index contributed by atoms with van der Waals surface area (Å²) in [6.45, 7) is 5.90. The molecule has 8 heteroatoms. The van der Waals surface area contributed by atoms with Crippen molar-refractivity contribution >= 4 is 18.0 Å². The van der Waals surface area contributed by atoms with Gasteiger partial charge < -0.3 is 25.2 Å². The van der Waals surface area contributed by atoms with Crippen LogP contribution in [0.4, 0.5) is 4.79 Å². The van der Waals surface area contributed by atoms with Gasteiger partial charge in [0, 0.05) is 12.5 Å². The number of hydrogen-bond acceptors (Lipinski definition) is 5. The molecule has 0 bridgehead atoms. The van der Waals surface area contributed by atoms with Crippen LogP contribution in [0.1, 0.15) is 44.2 Å². The number of ether oxygens (including phenoxy) is 2. The molecule has 2 aromatic rings. The van der Waals surface area contributed by atoms with Gasteiger partial charge in [0.15, 0.2) is 0 Å². The minimum absolute atomic E-state index is 0.0195. The predicted octanol–water partition coefficient (Wildman–Crippen LogP) is 3.55. The quantitative estimate of drug-likeness (QED) is 0.559. The molecule has 0 spiro atoms. The average molecular weight is 481 g/mol. The lowest BCUT2D eigenvalue weighted by Gasteiger charge is -2.28. The Morgan fingerprint density at radius 1 is 1.06 bits per heavy atom. The van der Waals surface area contributed by atoms with Gasteiger partial charge in [-0.15, -0.1) is 0 Å². The van der Waals surface area contributed by atoms with E-state index in [4.69, 9.17) is 9.47 Å². The molecule has 1 saturated heterocycles. The second-order valence-electron chi connectivity index (χ2n) is 10.2. The van der Waals surface area contributed by atoms with Gasteiger partial charge in [-0.05, 0) is 34.1 Å². The zero-order chi connectivity index (χ0) is 25.2. The summed E-state index contributed by atoms with van der Waals surface area (Å²) in [6, 6.07) is 15.3. The van der Waals surface area contributed by atoms with E-state index in [2.05, 4.69) is 34.9 Å². The van der Waals surface area contributed by atoms with Crippen LogP contribution in [0.3, 0.4) is 0 Å². The SMILES string of the molecule is CC(C)(C)[C@@H](NC(=O)C1COC(CNC(=O)OCC2c3ccccc3-c3ccccc32)C1)C(=O)O. The van der Waals surface area contributed by atoms with E-state index in [1.54, 1.807) is 20.8 Å². The Bertz CT molecular complexity index is 1060. The van der Waals surface area contributed by atoms with Crippen molar-refractivity contribution in [1.29, 1.82) is 0 Å². The Balaban J connectivity index is 1.25. The first kappa shape index (κ1) is 24.7. The molecule has 1 aliphatic carbocycles. The topological polar surface area (TPSA) is 114 Å². The molecule has 35 heavy (non-hydrogen) atoms. The molecular weight excluding hydrogens is 448 g/mol. The zero-order valence-corrected chi connectivity index (χ0v) is 20.2. The maximum absolute atomic E-state index is 12.6. The van der Waals surface area contributed by atoms with Crippen LogP contribution >= 0.6 is 0 Å².